The van der Waals surface area contributed by atoms with Crippen LogP contribution in [0.1, 0.15) is 26.2 Å². The lowest BCUT2D eigenvalue weighted by Gasteiger charge is -2.37. The average molecular weight is 321 g/mol. The summed E-state index contributed by atoms with van der Waals surface area (Å²) in [4.78, 5) is 31.6. The van der Waals surface area contributed by atoms with Crippen molar-refractivity contribution in [3.63, 3.8) is 0 Å². The highest BCUT2D eigenvalue weighted by atomic mass is 19.1. The Kier molecular flexibility index (Phi) is 4.21. The lowest BCUT2D eigenvalue weighted by molar-refractivity contribution is -0.206. The smallest absolute Gasteiger partial charge is 0.321 e. The molecule has 3 rings (SSSR count). The molecule has 1 aromatic rings. The number of hydrogen-bond acceptors (Lipinski definition) is 3. The molecule has 2 saturated heterocycles. The summed E-state index contributed by atoms with van der Waals surface area (Å²) in [6.07, 6.45) is 1.65. The molecular weight excluding hydrogens is 301 g/mol. The second-order valence-electron chi connectivity index (χ2n) is 5.96. The number of piperidine rings is 1. The number of nitrogens with zero attached hydrogens (tertiary/aromatic N) is 2. The van der Waals surface area contributed by atoms with Crippen molar-refractivity contribution in [1.29, 1.82) is 0 Å². The van der Waals surface area contributed by atoms with Gasteiger partial charge in [0.2, 0.25) is 5.91 Å². The van der Waals surface area contributed by atoms with Crippen LogP contribution in [0.4, 0.5) is 14.9 Å². The molecule has 0 atom stereocenters. The molecule has 0 unspecified atom stereocenters. The Morgan fingerprint density at radius 2 is 1.96 bits per heavy atom. The van der Waals surface area contributed by atoms with Crippen molar-refractivity contribution < 1.29 is 18.8 Å². The monoisotopic (exact) mass is 321 g/mol. The lowest BCUT2D eigenvalue weighted by atomic mass is 9.89. The van der Waals surface area contributed by atoms with E-state index in [0.29, 0.717) is 44.6 Å². The van der Waals surface area contributed by atoms with Crippen LogP contribution in [0.25, 0.3) is 0 Å². The zero-order valence-electron chi connectivity index (χ0n) is 13.0. The molecule has 1 N–H and O–H groups in total. The maximum atomic E-state index is 12.9. The molecule has 1 spiro atoms. The van der Waals surface area contributed by atoms with E-state index >= 15 is 0 Å². The number of rotatable bonds is 2. The summed E-state index contributed by atoms with van der Waals surface area (Å²) in [7, 11) is 0. The molecule has 7 heteroatoms. The molecule has 6 nitrogen and oxygen atoms in total. The highest BCUT2D eigenvalue weighted by molar-refractivity contribution is 5.89. The predicted molar refractivity (Wildman–Crippen MR) is 82.0 cm³/mol. The maximum Gasteiger partial charge on any atom is 0.321 e. The Hall–Kier alpha value is -2.15. The van der Waals surface area contributed by atoms with E-state index in [9.17, 15) is 14.0 Å². The van der Waals surface area contributed by atoms with Crippen molar-refractivity contribution in [3.8, 4) is 0 Å². The van der Waals surface area contributed by atoms with Crippen LogP contribution in [-0.2, 0) is 9.63 Å². The van der Waals surface area contributed by atoms with Gasteiger partial charge in [0.05, 0.1) is 6.42 Å². The van der Waals surface area contributed by atoms with Gasteiger partial charge in [0.25, 0.3) is 0 Å². The molecule has 3 amide bonds. The van der Waals surface area contributed by atoms with Crippen LogP contribution in [0.2, 0.25) is 0 Å². The second-order valence-corrected chi connectivity index (χ2v) is 5.96. The van der Waals surface area contributed by atoms with Crippen molar-refractivity contribution in [2.24, 2.45) is 0 Å². The van der Waals surface area contributed by atoms with E-state index in [2.05, 4.69) is 5.32 Å². The van der Waals surface area contributed by atoms with Gasteiger partial charge in [-0.25, -0.2) is 14.2 Å². The number of anilines is 1. The fourth-order valence-corrected chi connectivity index (χ4v) is 3.04. The van der Waals surface area contributed by atoms with Gasteiger partial charge < -0.3 is 10.2 Å². The van der Waals surface area contributed by atoms with Crippen LogP contribution in [-0.4, -0.2) is 47.1 Å². The Morgan fingerprint density at radius 3 is 2.52 bits per heavy atom. The SMILES string of the molecule is CCN1OC2(CCN(C(=O)Nc3ccc(F)cc3)CC2)CC1=O. The highest BCUT2D eigenvalue weighted by Gasteiger charge is 2.46. The van der Waals surface area contributed by atoms with E-state index in [1.54, 1.807) is 4.90 Å². The molecule has 2 heterocycles. The number of amides is 3. The number of hydrogen-bond donors (Lipinski definition) is 1. The van der Waals surface area contributed by atoms with E-state index in [1.165, 1.54) is 29.3 Å². The van der Waals surface area contributed by atoms with Gasteiger partial charge in [0.1, 0.15) is 11.4 Å². The minimum atomic E-state index is -0.459. The number of carbonyl (C=O) groups excluding carboxylic acids is 2. The van der Waals surface area contributed by atoms with Gasteiger partial charge in [-0.15, -0.1) is 0 Å². The summed E-state index contributed by atoms with van der Waals surface area (Å²) in [6, 6.07) is 5.44. The number of urea groups is 1. The third kappa shape index (κ3) is 3.29. The van der Waals surface area contributed by atoms with Crippen molar-refractivity contribution in [2.75, 3.05) is 25.0 Å². The van der Waals surface area contributed by atoms with Gasteiger partial charge >= 0.3 is 6.03 Å². The number of carbonyl (C=O) groups is 2. The Bertz CT molecular complexity index is 597. The third-order valence-electron chi connectivity index (χ3n) is 4.40. The number of nitrogens with one attached hydrogen (secondary N) is 1. The van der Waals surface area contributed by atoms with Gasteiger partial charge in [0.15, 0.2) is 0 Å². The summed E-state index contributed by atoms with van der Waals surface area (Å²) in [5.74, 6) is -0.330. The first-order valence-electron chi connectivity index (χ1n) is 7.82. The minimum absolute atomic E-state index is 0.0108. The highest BCUT2D eigenvalue weighted by Crippen LogP contribution is 2.36. The van der Waals surface area contributed by atoms with Crippen LogP contribution in [0, 0.1) is 5.82 Å². The van der Waals surface area contributed by atoms with Gasteiger partial charge in [-0.05, 0) is 44.0 Å². The minimum Gasteiger partial charge on any atom is -0.324 e. The lowest BCUT2D eigenvalue weighted by Crippen LogP contribution is -2.48. The van der Waals surface area contributed by atoms with Crippen LogP contribution in [0.3, 0.4) is 0 Å². The topological polar surface area (TPSA) is 61.9 Å². The largest absolute Gasteiger partial charge is 0.324 e. The molecule has 2 aliphatic heterocycles. The molecule has 1 aromatic carbocycles. The van der Waals surface area contributed by atoms with E-state index in [1.807, 2.05) is 6.92 Å². The predicted octanol–water partition coefficient (Wildman–Crippen LogP) is 2.38. The molecule has 0 saturated carbocycles. The van der Waals surface area contributed by atoms with E-state index < -0.39 is 5.60 Å². The first-order valence-corrected chi connectivity index (χ1v) is 7.82. The molecule has 2 fully saturated rings. The average Bonchev–Trinajstić information content (AvgIpc) is 2.85. The standard InChI is InChI=1S/C16H20FN3O3/c1-2-20-14(21)11-16(23-20)7-9-19(10-8-16)15(22)18-13-5-3-12(17)4-6-13/h3-6H,2,7-11H2,1H3,(H,18,22). The molecule has 0 radical (unpaired) electrons. The zero-order valence-corrected chi connectivity index (χ0v) is 13.0. The number of likely N-dealkylation sites (tertiary alicyclic amines) is 1. The van der Waals surface area contributed by atoms with E-state index in [-0.39, 0.29) is 17.8 Å². The fourth-order valence-electron chi connectivity index (χ4n) is 3.04. The van der Waals surface area contributed by atoms with Crippen LogP contribution in [0.5, 0.6) is 0 Å². The quantitative estimate of drug-likeness (QED) is 0.910. The summed E-state index contributed by atoms with van der Waals surface area (Å²) < 4.78 is 12.9. The van der Waals surface area contributed by atoms with Crippen LogP contribution < -0.4 is 5.32 Å². The van der Waals surface area contributed by atoms with Crippen molar-refractivity contribution in [3.05, 3.63) is 30.1 Å². The number of halogens is 1. The number of hydroxylamine groups is 2. The van der Waals surface area contributed by atoms with Gasteiger partial charge in [-0.1, -0.05) is 0 Å². The third-order valence-corrected chi connectivity index (χ3v) is 4.40. The summed E-state index contributed by atoms with van der Waals surface area (Å²) >= 11 is 0. The molecule has 0 aliphatic carbocycles. The van der Waals surface area contributed by atoms with Gasteiger partial charge in [0, 0.05) is 25.3 Å². The van der Waals surface area contributed by atoms with Crippen LogP contribution in [0.15, 0.2) is 24.3 Å². The molecule has 2 aliphatic rings. The Labute approximate surface area is 134 Å². The molecule has 23 heavy (non-hydrogen) atoms. The summed E-state index contributed by atoms with van der Waals surface area (Å²) in [6.45, 7) is 3.47. The molecular formula is C16H20FN3O3. The van der Waals surface area contributed by atoms with Gasteiger partial charge in [-0.2, -0.15) is 0 Å². The van der Waals surface area contributed by atoms with Crippen LogP contribution >= 0.6 is 0 Å². The van der Waals surface area contributed by atoms with E-state index in [0.717, 1.165) is 0 Å². The van der Waals surface area contributed by atoms with E-state index in [4.69, 9.17) is 4.84 Å². The number of benzene rings is 1. The fraction of sp³-hybridized carbons (Fsp3) is 0.500. The molecule has 124 valence electrons. The first kappa shape index (κ1) is 15.7. The van der Waals surface area contributed by atoms with Crippen molar-refractivity contribution in [1.82, 2.24) is 9.96 Å². The maximum absolute atomic E-state index is 12.9. The normalized spacial score (nSPS) is 20.2. The summed E-state index contributed by atoms with van der Waals surface area (Å²) in [5, 5.41) is 4.16. The Morgan fingerprint density at radius 1 is 1.30 bits per heavy atom. The van der Waals surface area contributed by atoms with Crippen molar-refractivity contribution >= 4 is 17.6 Å². The molecule has 0 bridgehead atoms. The van der Waals surface area contributed by atoms with Gasteiger partial charge in [-0.3, -0.25) is 9.63 Å². The van der Waals surface area contributed by atoms with Crippen molar-refractivity contribution in [2.45, 2.75) is 31.8 Å². The Balaban J connectivity index is 1.55. The first-order chi connectivity index (χ1) is 11.0. The second kappa shape index (κ2) is 6.16. The summed E-state index contributed by atoms with van der Waals surface area (Å²) in [5.41, 5.74) is 0.0980. The molecule has 0 aromatic heterocycles. The zero-order chi connectivity index (χ0) is 16.4.